The summed E-state index contributed by atoms with van der Waals surface area (Å²) >= 11 is 0. The molecule has 0 saturated carbocycles. The van der Waals surface area contributed by atoms with E-state index in [4.69, 9.17) is 0 Å². The van der Waals surface area contributed by atoms with Crippen LogP contribution in [0, 0.1) is 0 Å². The number of hydrogen-bond acceptors (Lipinski definition) is 3. The summed E-state index contributed by atoms with van der Waals surface area (Å²) in [5.41, 5.74) is 3.05. The molecule has 0 spiro atoms. The fourth-order valence-electron chi connectivity index (χ4n) is 3.05. The lowest BCUT2D eigenvalue weighted by Crippen LogP contribution is -2.26. The van der Waals surface area contributed by atoms with E-state index < -0.39 is 6.10 Å². The molecule has 23 heavy (non-hydrogen) atoms. The molecule has 4 nitrogen and oxygen atoms in total. The van der Waals surface area contributed by atoms with Crippen molar-refractivity contribution >= 4 is 11.6 Å². The number of anilines is 1. The van der Waals surface area contributed by atoms with E-state index in [1.54, 1.807) is 11.8 Å². The van der Waals surface area contributed by atoms with Gasteiger partial charge >= 0.3 is 0 Å². The molecule has 1 atom stereocenters. The zero-order valence-electron chi connectivity index (χ0n) is 13.9. The minimum Gasteiger partial charge on any atom is -0.388 e. The number of carbonyl (C=O) groups is 1. The second-order valence-electron chi connectivity index (χ2n) is 5.95. The number of aliphatic hydroxyl groups excluding tert-OH is 1. The first-order chi connectivity index (χ1) is 11.1. The van der Waals surface area contributed by atoms with Crippen molar-refractivity contribution in [3.63, 3.8) is 0 Å². The molecule has 1 unspecified atom stereocenters. The lowest BCUT2D eigenvalue weighted by atomic mass is 10.0. The number of rotatable bonds is 8. The monoisotopic (exact) mass is 314 g/mol. The van der Waals surface area contributed by atoms with E-state index in [0.717, 1.165) is 49.4 Å². The van der Waals surface area contributed by atoms with Gasteiger partial charge in [0.05, 0.1) is 6.10 Å². The van der Waals surface area contributed by atoms with Gasteiger partial charge in [-0.25, -0.2) is 0 Å². The zero-order chi connectivity index (χ0) is 16.8. The SMILES string of the molecule is C=CCN(CC=C)CCC(O)c1ccc2c(c1)CCN2C(C)=O. The van der Waals surface area contributed by atoms with Gasteiger partial charge in [-0.2, -0.15) is 0 Å². The lowest BCUT2D eigenvalue weighted by Gasteiger charge is -2.21. The van der Waals surface area contributed by atoms with Gasteiger partial charge in [0.25, 0.3) is 0 Å². The molecule has 0 radical (unpaired) electrons. The second-order valence-corrected chi connectivity index (χ2v) is 5.95. The summed E-state index contributed by atoms with van der Waals surface area (Å²) < 4.78 is 0. The molecule has 1 amide bonds. The van der Waals surface area contributed by atoms with E-state index >= 15 is 0 Å². The topological polar surface area (TPSA) is 43.8 Å². The molecule has 1 heterocycles. The molecular formula is C19H26N2O2. The van der Waals surface area contributed by atoms with E-state index in [-0.39, 0.29) is 5.91 Å². The summed E-state index contributed by atoms with van der Waals surface area (Å²) in [4.78, 5) is 15.6. The van der Waals surface area contributed by atoms with Crippen molar-refractivity contribution < 1.29 is 9.90 Å². The molecule has 0 saturated heterocycles. The van der Waals surface area contributed by atoms with Crippen LogP contribution in [0.2, 0.25) is 0 Å². The molecule has 1 aliphatic rings. The number of fused-ring (bicyclic) bond motifs is 1. The van der Waals surface area contributed by atoms with E-state index in [1.165, 1.54) is 0 Å². The highest BCUT2D eigenvalue weighted by Gasteiger charge is 2.23. The van der Waals surface area contributed by atoms with Crippen LogP contribution in [0.1, 0.15) is 30.6 Å². The minimum absolute atomic E-state index is 0.0709. The first-order valence-corrected chi connectivity index (χ1v) is 8.10. The molecule has 1 aromatic rings. The van der Waals surface area contributed by atoms with E-state index in [1.807, 2.05) is 30.4 Å². The first-order valence-electron chi connectivity index (χ1n) is 8.10. The van der Waals surface area contributed by atoms with Crippen LogP contribution in [0.4, 0.5) is 5.69 Å². The van der Waals surface area contributed by atoms with Crippen LogP contribution in [0.25, 0.3) is 0 Å². The Kier molecular flexibility index (Phi) is 6.13. The van der Waals surface area contributed by atoms with Crippen LogP contribution in [0.3, 0.4) is 0 Å². The smallest absolute Gasteiger partial charge is 0.223 e. The van der Waals surface area contributed by atoms with Gasteiger partial charge in [0, 0.05) is 38.8 Å². The number of amides is 1. The van der Waals surface area contributed by atoms with Gasteiger partial charge in [-0.05, 0) is 30.0 Å². The Morgan fingerprint density at radius 1 is 1.39 bits per heavy atom. The highest BCUT2D eigenvalue weighted by molar-refractivity contribution is 5.93. The third kappa shape index (κ3) is 4.30. The van der Waals surface area contributed by atoms with E-state index in [0.29, 0.717) is 6.42 Å². The number of aliphatic hydroxyl groups is 1. The highest BCUT2D eigenvalue weighted by atomic mass is 16.3. The minimum atomic E-state index is -0.496. The van der Waals surface area contributed by atoms with Crippen LogP contribution in [-0.4, -0.2) is 42.1 Å². The lowest BCUT2D eigenvalue weighted by molar-refractivity contribution is -0.116. The van der Waals surface area contributed by atoms with E-state index in [2.05, 4.69) is 18.1 Å². The molecular weight excluding hydrogens is 288 g/mol. The maximum atomic E-state index is 11.6. The summed E-state index contributed by atoms with van der Waals surface area (Å²) in [7, 11) is 0. The molecule has 0 fully saturated rings. The maximum Gasteiger partial charge on any atom is 0.223 e. The van der Waals surface area contributed by atoms with Crippen molar-refractivity contribution in [2.24, 2.45) is 0 Å². The summed E-state index contributed by atoms with van der Waals surface area (Å²) in [6.07, 6.45) is 4.75. The van der Waals surface area contributed by atoms with Crippen LogP contribution in [0.15, 0.2) is 43.5 Å². The van der Waals surface area contributed by atoms with Crippen molar-refractivity contribution in [1.82, 2.24) is 4.90 Å². The Hall–Kier alpha value is -1.91. The van der Waals surface area contributed by atoms with Gasteiger partial charge < -0.3 is 10.0 Å². The van der Waals surface area contributed by atoms with Gasteiger partial charge in [-0.3, -0.25) is 9.69 Å². The Morgan fingerprint density at radius 3 is 2.70 bits per heavy atom. The molecule has 1 N–H and O–H groups in total. The number of carbonyl (C=O) groups excluding carboxylic acids is 1. The number of hydrogen-bond donors (Lipinski definition) is 1. The van der Waals surface area contributed by atoms with Crippen LogP contribution in [0.5, 0.6) is 0 Å². The molecule has 4 heteroatoms. The molecule has 124 valence electrons. The molecule has 0 bridgehead atoms. The zero-order valence-corrected chi connectivity index (χ0v) is 13.9. The number of benzene rings is 1. The van der Waals surface area contributed by atoms with Gasteiger partial charge in [0.1, 0.15) is 0 Å². The molecule has 0 aromatic heterocycles. The Morgan fingerprint density at radius 2 is 2.09 bits per heavy atom. The van der Waals surface area contributed by atoms with Crippen molar-refractivity contribution in [1.29, 1.82) is 0 Å². The van der Waals surface area contributed by atoms with Crippen molar-refractivity contribution in [3.05, 3.63) is 54.6 Å². The second kappa shape index (κ2) is 8.09. The Bertz CT molecular complexity index is 573. The van der Waals surface area contributed by atoms with Crippen LogP contribution < -0.4 is 4.90 Å². The van der Waals surface area contributed by atoms with Gasteiger partial charge in [0.2, 0.25) is 5.91 Å². The molecule has 0 aliphatic carbocycles. The van der Waals surface area contributed by atoms with Gasteiger partial charge in [-0.15, -0.1) is 13.2 Å². The normalized spacial score (nSPS) is 14.7. The Balaban J connectivity index is 2.00. The average Bonchev–Trinajstić information content (AvgIpc) is 2.96. The summed E-state index contributed by atoms with van der Waals surface area (Å²) in [5.74, 6) is 0.0709. The standard InChI is InChI=1S/C19H26N2O2/c1-4-10-20(11-5-2)12-9-19(23)17-6-7-18-16(14-17)8-13-21(18)15(3)22/h4-7,14,19,23H,1-2,8-13H2,3H3. The largest absolute Gasteiger partial charge is 0.388 e. The van der Waals surface area contributed by atoms with E-state index in [9.17, 15) is 9.90 Å². The summed E-state index contributed by atoms with van der Waals surface area (Å²) in [6, 6.07) is 5.91. The molecule has 2 rings (SSSR count). The first kappa shape index (κ1) is 17.4. The summed E-state index contributed by atoms with van der Waals surface area (Å²) in [6.45, 7) is 12.2. The van der Waals surface area contributed by atoms with Crippen molar-refractivity contribution in [3.8, 4) is 0 Å². The molecule has 1 aromatic carbocycles. The predicted octanol–water partition coefficient (Wildman–Crippen LogP) is 2.69. The third-order valence-electron chi connectivity index (χ3n) is 4.26. The van der Waals surface area contributed by atoms with Crippen LogP contribution >= 0.6 is 0 Å². The van der Waals surface area contributed by atoms with Crippen LogP contribution in [-0.2, 0) is 11.2 Å². The van der Waals surface area contributed by atoms with Crippen molar-refractivity contribution in [2.75, 3.05) is 31.1 Å². The maximum absolute atomic E-state index is 11.6. The van der Waals surface area contributed by atoms with Gasteiger partial charge in [-0.1, -0.05) is 24.3 Å². The fourth-order valence-corrected chi connectivity index (χ4v) is 3.05. The average molecular weight is 314 g/mol. The Labute approximate surface area is 138 Å². The van der Waals surface area contributed by atoms with Gasteiger partial charge in [0.15, 0.2) is 0 Å². The van der Waals surface area contributed by atoms with Crippen molar-refractivity contribution in [2.45, 2.75) is 25.9 Å². The number of nitrogens with zero attached hydrogens (tertiary/aromatic N) is 2. The quantitative estimate of drug-likeness (QED) is 0.750. The highest BCUT2D eigenvalue weighted by Crippen LogP contribution is 2.31. The predicted molar refractivity (Wildman–Crippen MR) is 94.6 cm³/mol. The third-order valence-corrected chi connectivity index (χ3v) is 4.26. The summed E-state index contributed by atoms with van der Waals surface area (Å²) in [5, 5.41) is 10.5. The fraction of sp³-hybridized carbons (Fsp3) is 0.421. The molecule has 1 aliphatic heterocycles.